The molecule has 0 aliphatic heterocycles. The highest BCUT2D eigenvalue weighted by Gasteiger charge is 2.25. The minimum atomic E-state index is -0.795. The van der Waals surface area contributed by atoms with Crippen molar-refractivity contribution in [3.8, 4) is 0 Å². The standard InChI is InChI=1S/C20H24N2O3/c1-13-9-10-15(11-14(13)2)12-17(19(21)23)22-20(24)18(25-3)16-7-5-4-6-8-16/h4-11,17-18H,12H2,1-3H3,(H2,21,23)(H,22,24)/t17-,18+/m1/s1. The van der Waals surface area contributed by atoms with E-state index in [0.29, 0.717) is 6.42 Å². The van der Waals surface area contributed by atoms with Gasteiger partial charge in [-0.3, -0.25) is 9.59 Å². The number of ether oxygens (including phenoxy) is 1. The Labute approximate surface area is 148 Å². The van der Waals surface area contributed by atoms with E-state index in [-0.39, 0.29) is 5.91 Å². The van der Waals surface area contributed by atoms with Crippen LogP contribution in [0.15, 0.2) is 48.5 Å². The number of hydrogen-bond donors (Lipinski definition) is 2. The van der Waals surface area contributed by atoms with Crippen LogP contribution in [-0.2, 0) is 20.7 Å². The van der Waals surface area contributed by atoms with E-state index < -0.39 is 18.1 Å². The Balaban J connectivity index is 2.13. The maximum absolute atomic E-state index is 12.6. The van der Waals surface area contributed by atoms with E-state index in [1.807, 2.05) is 50.2 Å². The molecule has 25 heavy (non-hydrogen) atoms. The summed E-state index contributed by atoms with van der Waals surface area (Å²) < 4.78 is 5.30. The normalized spacial score (nSPS) is 13.1. The molecule has 5 nitrogen and oxygen atoms in total. The van der Waals surface area contributed by atoms with Gasteiger partial charge in [-0.05, 0) is 36.1 Å². The fourth-order valence-corrected chi connectivity index (χ4v) is 2.66. The van der Waals surface area contributed by atoms with Crippen LogP contribution in [0.2, 0.25) is 0 Å². The maximum atomic E-state index is 12.6. The quantitative estimate of drug-likeness (QED) is 0.811. The molecule has 0 heterocycles. The molecule has 132 valence electrons. The highest BCUT2D eigenvalue weighted by molar-refractivity contribution is 5.89. The molecule has 0 bridgehead atoms. The second-order valence-corrected chi connectivity index (χ2v) is 6.11. The Hall–Kier alpha value is -2.66. The highest BCUT2D eigenvalue weighted by Crippen LogP contribution is 2.17. The van der Waals surface area contributed by atoms with Crippen molar-refractivity contribution in [2.75, 3.05) is 7.11 Å². The number of benzene rings is 2. The van der Waals surface area contributed by atoms with Gasteiger partial charge in [0.15, 0.2) is 6.10 Å². The molecule has 2 aromatic rings. The predicted molar refractivity (Wildman–Crippen MR) is 96.9 cm³/mol. The van der Waals surface area contributed by atoms with Crippen molar-refractivity contribution in [3.05, 3.63) is 70.8 Å². The number of hydrogen-bond acceptors (Lipinski definition) is 3. The van der Waals surface area contributed by atoms with Crippen molar-refractivity contribution in [2.24, 2.45) is 5.73 Å². The first kappa shape index (κ1) is 18.7. The zero-order chi connectivity index (χ0) is 18.4. The molecule has 2 rings (SSSR count). The van der Waals surface area contributed by atoms with Gasteiger partial charge in [-0.1, -0.05) is 48.5 Å². The lowest BCUT2D eigenvalue weighted by atomic mass is 10.00. The fraction of sp³-hybridized carbons (Fsp3) is 0.300. The molecule has 0 radical (unpaired) electrons. The predicted octanol–water partition coefficient (Wildman–Crippen LogP) is 2.20. The molecule has 0 aliphatic carbocycles. The lowest BCUT2D eigenvalue weighted by Crippen LogP contribution is -2.47. The van der Waals surface area contributed by atoms with Gasteiger partial charge in [0.25, 0.3) is 5.91 Å². The Kier molecular flexibility index (Phi) is 6.31. The Bertz CT molecular complexity index is 744. The van der Waals surface area contributed by atoms with Crippen LogP contribution < -0.4 is 11.1 Å². The number of amides is 2. The highest BCUT2D eigenvalue weighted by atomic mass is 16.5. The van der Waals surface area contributed by atoms with E-state index in [0.717, 1.165) is 16.7 Å². The van der Waals surface area contributed by atoms with Gasteiger partial charge >= 0.3 is 0 Å². The average molecular weight is 340 g/mol. The van der Waals surface area contributed by atoms with Crippen LogP contribution in [0.1, 0.15) is 28.4 Å². The van der Waals surface area contributed by atoms with Crippen LogP contribution in [-0.4, -0.2) is 25.0 Å². The monoisotopic (exact) mass is 340 g/mol. The molecule has 2 atom stereocenters. The molecule has 0 aliphatic rings. The van der Waals surface area contributed by atoms with Crippen molar-refractivity contribution in [2.45, 2.75) is 32.4 Å². The van der Waals surface area contributed by atoms with Gasteiger partial charge in [0.2, 0.25) is 5.91 Å². The van der Waals surface area contributed by atoms with Crippen molar-refractivity contribution in [1.82, 2.24) is 5.32 Å². The summed E-state index contributed by atoms with van der Waals surface area (Å²) in [6.07, 6.45) is -0.448. The number of nitrogens with two attached hydrogens (primary N) is 1. The number of rotatable bonds is 7. The number of methoxy groups -OCH3 is 1. The van der Waals surface area contributed by atoms with E-state index in [1.54, 1.807) is 12.1 Å². The van der Waals surface area contributed by atoms with Crippen molar-refractivity contribution in [1.29, 1.82) is 0 Å². The van der Waals surface area contributed by atoms with Crippen molar-refractivity contribution < 1.29 is 14.3 Å². The van der Waals surface area contributed by atoms with Gasteiger partial charge in [0.05, 0.1) is 0 Å². The summed E-state index contributed by atoms with van der Waals surface area (Å²) in [5, 5.41) is 2.71. The summed E-state index contributed by atoms with van der Waals surface area (Å²) in [6.45, 7) is 4.03. The van der Waals surface area contributed by atoms with Crippen molar-refractivity contribution >= 4 is 11.8 Å². The second kappa shape index (κ2) is 8.44. The largest absolute Gasteiger partial charge is 0.368 e. The van der Waals surface area contributed by atoms with Gasteiger partial charge < -0.3 is 15.8 Å². The number of primary amides is 1. The summed E-state index contributed by atoms with van der Waals surface area (Å²) in [7, 11) is 1.46. The number of nitrogens with one attached hydrogen (secondary N) is 1. The van der Waals surface area contributed by atoms with Crippen LogP contribution >= 0.6 is 0 Å². The number of carbonyl (C=O) groups excluding carboxylic acids is 2. The van der Waals surface area contributed by atoms with Crippen LogP contribution in [0.4, 0.5) is 0 Å². The molecule has 2 amide bonds. The Morgan fingerprint density at radius 2 is 1.76 bits per heavy atom. The van der Waals surface area contributed by atoms with Crippen molar-refractivity contribution in [3.63, 3.8) is 0 Å². The first-order valence-electron chi connectivity index (χ1n) is 8.16. The van der Waals surface area contributed by atoms with Crippen LogP contribution in [0.5, 0.6) is 0 Å². The van der Waals surface area contributed by atoms with E-state index in [1.165, 1.54) is 12.7 Å². The molecular weight excluding hydrogens is 316 g/mol. The molecule has 5 heteroatoms. The third-order valence-electron chi connectivity index (χ3n) is 4.25. The van der Waals surface area contributed by atoms with E-state index in [4.69, 9.17) is 10.5 Å². The molecule has 2 aromatic carbocycles. The second-order valence-electron chi connectivity index (χ2n) is 6.11. The van der Waals surface area contributed by atoms with Gasteiger partial charge in [0.1, 0.15) is 6.04 Å². The van der Waals surface area contributed by atoms with Crippen LogP contribution in [0.3, 0.4) is 0 Å². The topological polar surface area (TPSA) is 81.4 Å². The van der Waals surface area contributed by atoms with Crippen LogP contribution in [0, 0.1) is 13.8 Å². The zero-order valence-electron chi connectivity index (χ0n) is 14.8. The Morgan fingerprint density at radius 3 is 2.32 bits per heavy atom. The summed E-state index contributed by atoms with van der Waals surface area (Å²) >= 11 is 0. The van der Waals surface area contributed by atoms with Gasteiger partial charge in [-0.2, -0.15) is 0 Å². The smallest absolute Gasteiger partial charge is 0.254 e. The molecule has 3 N–H and O–H groups in total. The average Bonchev–Trinajstić information content (AvgIpc) is 2.59. The maximum Gasteiger partial charge on any atom is 0.254 e. The third kappa shape index (κ3) is 4.90. The molecule has 0 saturated carbocycles. The first-order valence-corrected chi connectivity index (χ1v) is 8.16. The number of aryl methyl sites for hydroxylation is 2. The lowest BCUT2D eigenvalue weighted by molar-refractivity contribution is -0.134. The van der Waals surface area contributed by atoms with E-state index in [2.05, 4.69) is 5.32 Å². The minimum absolute atomic E-state index is 0.341. The van der Waals surface area contributed by atoms with E-state index in [9.17, 15) is 9.59 Å². The molecule has 0 saturated heterocycles. The molecule has 0 spiro atoms. The Morgan fingerprint density at radius 1 is 1.08 bits per heavy atom. The first-order chi connectivity index (χ1) is 11.9. The fourth-order valence-electron chi connectivity index (χ4n) is 2.66. The van der Waals surface area contributed by atoms with Gasteiger partial charge in [-0.25, -0.2) is 0 Å². The van der Waals surface area contributed by atoms with Gasteiger partial charge in [0, 0.05) is 13.5 Å². The zero-order valence-corrected chi connectivity index (χ0v) is 14.8. The van der Waals surface area contributed by atoms with Gasteiger partial charge in [-0.15, -0.1) is 0 Å². The summed E-state index contributed by atoms with van der Waals surface area (Å²) in [5.41, 5.74) is 9.45. The summed E-state index contributed by atoms with van der Waals surface area (Å²) in [4.78, 5) is 24.4. The van der Waals surface area contributed by atoms with Crippen LogP contribution in [0.25, 0.3) is 0 Å². The molecule has 0 unspecified atom stereocenters. The summed E-state index contributed by atoms with van der Waals surface area (Å²) in [6, 6.07) is 14.3. The number of carbonyl (C=O) groups is 2. The molecule has 0 aromatic heterocycles. The molecule has 0 fully saturated rings. The lowest BCUT2D eigenvalue weighted by Gasteiger charge is -2.20. The van der Waals surface area contributed by atoms with E-state index >= 15 is 0 Å². The molecular formula is C20H24N2O3. The summed E-state index contributed by atoms with van der Waals surface area (Å²) in [5.74, 6) is -0.962. The SMILES string of the molecule is CO[C@H](C(=O)N[C@H](Cc1ccc(C)c(C)c1)C(N)=O)c1ccccc1. The minimum Gasteiger partial charge on any atom is -0.368 e. The third-order valence-corrected chi connectivity index (χ3v) is 4.25.